The van der Waals surface area contributed by atoms with Gasteiger partial charge in [-0.05, 0) is 55.3 Å². The summed E-state index contributed by atoms with van der Waals surface area (Å²) in [6.45, 7) is 1.67. The van der Waals surface area contributed by atoms with Crippen LogP contribution in [0.15, 0.2) is 82.6 Å². The molecule has 1 heterocycles. The van der Waals surface area contributed by atoms with E-state index in [-0.39, 0.29) is 5.91 Å². The zero-order chi connectivity index (χ0) is 19.3. The maximum Gasteiger partial charge on any atom is 0.253 e. The summed E-state index contributed by atoms with van der Waals surface area (Å²) in [6, 6.07) is 23.9. The summed E-state index contributed by atoms with van der Waals surface area (Å²) in [5.74, 6) is 0.0655. The normalized spacial score (nSPS) is 13.5. The molecule has 3 N–H and O–H groups in total. The molecule has 4 nitrogen and oxygen atoms in total. The van der Waals surface area contributed by atoms with E-state index in [4.69, 9.17) is 5.73 Å². The van der Waals surface area contributed by atoms with Crippen molar-refractivity contribution in [1.82, 2.24) is 4.90 Å². The highest BCUT2D eigenvalue weighted by atomic mass is 32.2. The SMILES string of the molecule is Nc1cc(C(=O)N2CCCC2)ccc1Nc1ccccc1Sc1ccccc1. The van der Waals surface area contributed by atoms with Gasteiger partial charge in [0.05, 0.1) is 17.1 Å². The number of carbonyl (C=O) groups is 1. The Labute approximate surface area is 169 Å². The minimum absolute atomic E-state index is 0.0655. The Kier molecular flexibility index (Phi) is 5.53. The van der Waals surface area contributed by atoms with E-state index in [1.54, 1.807) is 17.8 Å². The first kappa shape index (κ1) is 18.4. The van der Waals surface area contributed by atoms with Crippen molar-refractivity contribution in [2.24, 2.45) is 0 Å². The van der Waals surface area contributed by atoms with Crippen LogP contribution in [0.4, 0.5) is 17.1 Å². The van der Waals surface area contributed by atoms with Crippen LogP contribution in [0.5, 0.6) is 0 Å². The second kappa shape index (κ2) is 8.40. The lowest BCUT2D eigenvalue weighted by molar-refractivity contribution is 0.0793. The van der Waals surface area contributed by atoms with E-state index < -0.39 is 0 Å². The highest BCUT2D eigenvalue weighted by Gasteiger charge is 2.20. The number of anilines is 3. The van der Waals surface area contributed by atoms with Crippen molar-refractivity contribution in [3.8, 4) is 0 Å². The average molecular weight is 390 g/mol. The number of amides is 1. The maximum atomic E-state index is 12.6. The van der Waals surface area contributed by atoms with E-state index in [1.165, 1.54) is 4.90 Å². The number of hydrogen-bond acceptors (Lipinski definition) is 4. The van der Waals surface area contributed by atoms with Crippen LogP contribution in [0.1, 0.15) is 23.2 Å². The van der Waals surface area contributed by atoms with E-state index in [1.807, 2.05) is 53.4 Å². The summed E-state index contributed by atoms with van der Waals surface area (Å²) in [6.07, 6.45) is 2.16. The Morgan fingerprint density at radius 3 is 2.36 bits per heavy atom. The number of benzene rings is 3. The first-order valence-corrected chi connectivity index (χ1v) is 10.3. The molecule has 1 fully saturated rings. The molecule has 5 heteroatoms. The van der Waals surface area contributed by atoms with E-state index in [0.29, 0.717) is 11.3 Å². The second-order valence-electron chi connectivity index (χ2n) is 6.84. The second-order valence-corrected chi connectivity index (χ2v) is 7.95. The fourth-order valence-electron chi connectivity index (χ4n) is 3.33. The molecule has 1 saturated heterocycles. The molecule has 0 spiro atoms. The van der Waals surface area contributed by atoms with Gasteiger partial charge in [-0.25, -0.2) is 0 Å². The van der Waals surface area contributed by atoms with Crippen molar-refractivity contribution in [3.05, 3.63) is 78.4 Å². The van der Waals surface area contributed by atoms with Gasteiger partial charge in [-0.15, -0.1) is 0 Å². The zero-order valence-electron chi connectivity index (χ0n) is 15.6. The van der Waals surface area contributed by atoms with Crippen molar-refractivity contribution in [2.75, 3.05) is 24.1 Å². The Morgan fingerprint density at radius 2 is 1.61 bits per heavy atom. The lowest BCUT2D eigenvalue weighted by Gasteiger charge is -2.17. The highest BCUT2D eigenvalue weighted by Crippen LogP contribution is 2.36. The number of nitrogens with two attached hydrogens (primary N) is 1. The Bertz CT molecular complexity index is 969. The van der Waals surface area contributed by atoms with Gasteiger partial charge in [0.15, 0.2) is 0 Å². The molecule has 0 radical (unpaired) electrons. The Hall–Kier alpha value is -2.92. The lowest BCUT2D eigenvalue weighted by atomic mass is 10.1. The smallest absolute Gasteiger partial charge is 0.253 e. The molecule has 0 atom stereocenters. The van der Waals surface area contributed by atoms with Gasteiger partial charge in [-0.1, -0.05) is 42.1 Å². The summed E-state index contributed by atoms with van der Waals surface area (Å²) in [7, 11) is 0. The summed E-state index contributed by atoms with van der Waals surface area (Å²) < 4.78 is 0. The molecule has 3 aromatic carbocycles. The fourth-order valence-corrected chi connectivity index (χ4v) is 4.25. The number of nitrogens with one attached hydrogen (secondary N) is 1. The minimum atomic E-state index is 0.0655. The van der Waals surface area contributed by atoms with E-state index in [9.17, 15) is 4.79 Å². The van der Waals surface area contributed by atoms with Crippen molar-refractivity contribution in [2.45, 2.75) is 22.6 Å². The van der Waals surface area contributed by atoms with Crippen LogP contribution in [0.3, 0.4) is 0 Å². The van der Waals surface area contributed by atoms with Crippen LogP contribution in [-0.2, 0) is 0 Å². The predicted octanol–water partition coefficient (Wildman–Crippen LogP) is 5.40. The number of rotatable bonds is 5. The molecule has 28 heavy (non-hydrogen) atoms. The van der Waals surface area contributed by atoms with Crippen molar-refractivity contribution >= 4 is 34.7 Å². The van der Waals surface area contributed by atoms with Gasteiger partial charge in [0.1, 0.15) is 0 Å². The average Bonchev–Trinajstić information content (AvgIpc) is 3.26. The van der Waals surface area contributed by atoms with Gasteiger partial charge < -0.3 is 16.0 Å². The largest absolute Gasteiger partial charge is 0.397 e. The van der Waals surface area contributed by atoms with Gasteiger partial charge in [0.25, 0.3) is 5.91 Å². The summed E-state index contributed by atoms with van der Waals surface area (Å²) in [4.78, 5) is 16.8. The predicted molar refractivity (Wildman–Crippen MR) is 116 cm³/mol. The van der Waals surface area contributed by atoms with Crippen LogP contribution >= 0.6 is 11.8 Å². The third-order valence-corrected chi connectivity index (χ3v) is 5.90. The quantitative estimate of drug-likeness (QED) is 0.574. The topological polar surface area (TPSA) is 58.4 Å². The van der Waals surface area contributed by atoms with Crippen LogP contribution < -0.4 is 11.1 Å². The third-order valence-electron chi connectivity index (χ3n) is 4.82. The van der Waals surface area contributed by atoms with E-state index >= 15 is 0 Å². The molecule has 142 valence electrons. The number of carbonyl (C=O) groups excluding carboxylic acids is 1. The van der Waals surface area contributed by atoms with Gasteiger partial charge in [-0.2, -0.15) is 0 Å². The van der Waals surface area contributed by atoms with Gasteiger partial charge in [0.2, 0.25) is 0 Å². The molecule has 1 amide bonds. The summed E-state index contributed by atoms with van der Waals surface area (Å²) in [5, 5.41) is 3.43. The molecule has 0 unspecified atom stereocenters. The summed E-state index contributed by atoms with van der Waals surface area (Å²) >= 11 is 1.70. The molecule has 4 rings (SSSR count). The van der Waals surface area contributed by atoms with Crippen LogP contribution in [0.2, 0.25) is 0 Å². The first-order valence-electron chi connectivity index (χ1n) is 9.48. The van der Waals surface area contributed by atoms with Crippen molar-refractivity contribution in [3.63, 3.8) is 0 Å². The lowest BCUT2D eigenvalue weighted by Crippen LogP contribution is -2.27. The molecule has 1 aliphatic heterocycles. The molecular formula is C23H23N3OS. The number of para-hydroxylation sites is 1. The fraction of sp³-hybridized carbons (Fsp3) is 0.174. The van der Waals surface area contributed by atoms with Crippen LogP contribution in [0.25, 0.3) is 0 Å². The molecular weight excluding hydrogens is 366 g/mol. The summed E-state index contributed by atoms with van der Waals surface area (Å²) in [5.41, 5.74) is 9.28. The van der Waals surface area contributed by atoms with Gasteiger partial charge >= 0.3 is 0 Å². The Balaban J connectivity index is 1.54. The zero-order valence-corrected chi connectivity index (χ0v) is 16.4. The number of likely N-dealkylation sites (tertiary alicyclic amines) is 1. The van der Waals surface area contributed by atoms with Crippen molar-refractivity contribution < 1.29 is 4.79 Å². The number of nitrogens with zero attached hydrogens (tertiary/aromatic N) is 1. The standard InChI is InChI=1S/C23H23N3OS/c24-19-16-17(23(27)26-14-6-7-15-26)12-13-20(19)25-21-10-4-5-11-22(21)28-18-8-2-1-3-9-18/h1-5,8-13,16,25H,6-7,14-15,24H2. The molecule has 0 aliphatic carbocycles. The molecule has 3 aromatic rings. The third kappa shape index (κ3) is 4.15. The van der Waals surface area contributed by atoms with Crippen LogP contribution in [-0.4, -0.2) is 23.9 Å². The number of hydrogen-bond donors (Lipinski definition) is 2. The molecule has 0 bridgehead atoms. The van der Waals surface area contributed by atoms with Crippen LogP contribution in [0, 0.1) is 0 Å². The molecule has 0 saturated carbocycles. The van der Waals surface area contributed by atoms with E-state index in [2.05, 4.69) is 23.5 Å². The first-order chi connectivity index (χ1) is 13.7. The molecule has 0 aromatic heterocycles. The van der Waals surface area contributed by atoms with Gasteiger partial charge in [0, 0.05) is 28.4 Å². The Morgan fingerprint density at radius 1 is 0.893 bits per heavy atom. The minimum Gasteiger partial charge on any atom is -0.397 e. The molecule has 1 aliphatic rings. The van der Waals surface area contributed by atoms with Crippen molar-refractivity contribution in [1.29, 1.82) is 0 Å². The number of nitrogen functional groups attached to an aromatic ring is 1. The van der Waals surface area contributed by atoms with Gasteiger partial charge in [-0.3, -0.25) is 4.79 Å². The monoisotopic (exact) mass is 389 g/mol. The highest BCUT2D eigenvalue weighted by molar-refractivity contribution is 7.99. The van der Waals surface area contributed by atoms with E-state index in [0.717, 1.165) is 42.2 Å². The maximum absolute atomic E-state index is 12.6.